The number of hydrogen-bond acceptors (Lipinski definition) is 5. The Kier molecular flexibility index (Phi) is 4.05. The molecule has 0 aromatic carbocycles. The summed E-state index contributed by atoms with van der Waals surface area (Å²) in [5.41, 5.74) is 0. The van der Waals surface area contributed by atoms with Gasteiger partial charge in [-0.15, -0.1) is 0 Å². The van der Waals surface area contributed by atoms with Crippen LogP contribution in [0.25, 0.3) is 0 Å². The van der Waals surface area contributed by atoms with Gasteiger partial charge in [-0.3, -0.25) is 0 Å². The number of rotatable bonds is 6. The smallest absolute Gasteiger partial charge is 0.377 e. The molecule has 94 valence electrons. The lowest BCUT2D eigenvalue weighted by atomic mass is 10.2. The summed E-state index contributed by atoms with van der Waals surface area (Å²) in [5.74, 6) is -0.135. The highest BCUT2D eigenvalue weighted by atomic mass is 16.6. The van der Waals surface area contributed by atoms with E-state index in [0.717, 1.165) is 19.4 Å². The number of nitrogens with zero attached hydrogens (tertiary/aromatic N) is 3. The van der Waals surface area contributed by atoms with E-state index < -0.39 is 4.92 Å². The van der Waals surface area contributed by atoms with Gasteiger partial charge in [-0.05, 0) is 22.7 Å². The molecule has 2 rings (SSSR count). The first-order valence-electron chi connectivity index (χ1n) is 5.61. The van der Waals surface area contributed by atoms with Crippen LogP contribution in [-0.4, -0.2) is 40.4 Å². The van der Waals surface area contributed by atoms with Crippen molar-refractivity contribution in [3.05, 3.63) is 22.6 Å². The van der Waals surface area contributed by atoms with Gasteiger partial charge in [-0.25, -0.2) is 0 Å². The van der Waals surface area contributed by atoms with E-state index in [0.29, 0.717) is 19.8 Å². The molecule has 1 aliphatic heterocycles. The lowest BCUT2D eigenvalue weighted by molar-refractivity contribution is -0.389. The summed E-state index contributed by atoms with van der Waals surface area (Å²) in [5, 5.41) is 10.4. The third-order valence-corrected chi connectivity index (χ3v) is 2.63. The minimum Gasteiger partial charge on any atom is -0.377 e. The normalized spacial score (nSPS) is 19.6. The van der Waals surface area contributed by atoms with Crippen molar-refractivity contribution in [2.24, 2.45) is 0 Å². The summed E-state index contributed by atoms with van der Waals surface area (Å²) in [7, 11) is 0. The molecule has 7 heteroatoms. The predicted octanol–water partition coefficient (Wildman–Crippen LogP) is 0.987. The van der Waals surface area contributed by atoms with Gasteiger partial charge in [0.25, 0.3) is 0 Å². The fourth-order valence-corrected chi connectivity index (χ4v) is 1.73. The molecule has 0 saturated carbocycles. The zero-order valence-corrected chi connectivity index (χ0v) is 9.45. The Balaban J connectivity index is 1.65. The van der Waals surface area contributed by atoms with Gasteiger partial charge in [0.05, 0.1) is 19.3 Å². The van der Waals surface area contributed by atoms with Gasteiger partial charge in [-0.1, -0.05) is 0 Å². The summed E-state index contributed by atoms with van der Waals surface area (Å²) in [6, 6.07) is 0. The Morgan fingerprint density at radius 1 is 1.71 bits per heavy atom. The maximum absolute atomic E-state index is 10.4. The molecule has 1 fully saturated rings. The lowest BCUT2D eigenvalue weighted by Gasteiger charge is -2.09. The third-order valence-electron chi connectivity index (χ3n) is 2.63. The Morgan fingerprint density at radius 2 is 2.59 bits per heavy atom. The highest BCUT2D eigenvalue weighted by Gasteiger charge is 2.15. The second-order valence-corrected chi connectivity index (χ2v) is 3.94. The van der Waals surface area contributed by atoms with E-state index in [-0.39, 0.29) is 11.9 Å². The van der Waals surface area contributed by atoms with E-state index in [1.807, 2.05) is 0 Å². The maximum atomic E-state index is 10.4. The van der Waals surface area contributed by atoms with Gasteiger partial charge in [0.2, 0.25) is 6.33 Å². The Hall–Kier alpha value is -1.47. The molecule has 0 aliphatic carbocycles. The first-order valence-corrected chi connectivity index (χ1v) is 5.61. The van der Waals surface area contributed by atoms with Crippen LogP contribution in [0.2, 0.25) is 0 Å². The molecule has 17 heavy (non-hydrogen) atoms. The van der Waals surface area contributed by atoms with E-state index in [2.05, 4.69) is 4.98 Å². The molecule has 0 spiro atoms. The summed E-state index contributed by atoms with van der Waals surface area (Å²) in [4.78, 5) is 13.5. The largest absolute Gasteiger partial charge is 0.381 e. The second kappa shape index (κ2) is 5.74. The highest BCUT2D eigenvalue weighted by Crippen LogP contribution is 2.12. The Labute approximate surface area is 98.5 Å². The van der Waals surface area contributed by atoms with E-state index in [1.54, 1.807) is 4.57 Å². The van der Waals surface area contributed by atoms with Crippen molar-refractivity contribution in [1.29, 1.82) is 0 Å². The Morgan fingerprint density at radius 3 is 3.24 bits per heavy atom. The maximum Gasteiger partial charge on any atom is 0.381 e. The van der Waals surface area contributed by atoms with Gasteiger partial charge in [0.1, 0.15) is 6.20 Å². The number of hydrogen-bond donors (Lipinski definition) is 0. The van der Waals surface area contributed by atoms with Crippen LogP contribution in [0.15, 0.2) is 12.5 Å². The van der Waals surface area contributed by atoms with Crippen molar-refractivity contribution in [3.63, 3.8) is 0 Å². The summed E-state index contributed by atoms with van der Waals surface area (Å²) in [6.45, 7) is 2.49. The molecule has 0 radical (unpaired) electrons. The Bertz CT molecular complexity index is 373. The second-order valence-electron chi connectivity index (χ2n) is 3.94. The molecule has 1 atom stereocenters. The first-order chi connectivity index (χ1) is 8.25. The number of ether oxygens (including phenoxy) is 2. The third kappa shape index (κ3) is 3.50. The van der Waals surface area contributed by atoms with Crippen molar-refractivity contribution in [3.8, 4) is 0 Å². The summed E-state index contributed by atoms with van der Waals surface area (Å²) >= 11 is 0. The minimum absolute atomic E-state index is 0.135. The van der Waals surface area contributed by atoms with Gasteiger partial charge in [0, 0.05) is 13.2 Å². The van der Waals surface area contributed by atoms with Crippen LogP contribution >= 0.6 is 0 Å². The van der Waals surface area contributed by atoms with E-state index in [1.165, 1.54) is 12.5 Å². The predicted molar refractivity (Wildman–Crippen MR) is 58.7 cm³/mol. The topological polar surface area (TPSA) is 79.4 Å². The number of nitro groups is 1. The molecule has 0 N–H and O–H groups in total. The fraction of sp³-hybridized carbons (Fsp3) is 0.700. The average molecular weight is 241 g/mol. The van der Waals surface area contributed by atoms with Crippen molar-refractivity contribution in [2.75, 3.05) is 19.8 Å². The molecular weight excluding hydrogens is 226 g/mol. The summed E-state index contributed by atoms with van der Waals surface area (Å²) < 4.78 is 12.5. The molecule has 2 heterocycles. The van der Waals surface area contributed by atoms with Crippen molar-refractivity contribution in [2.45, 2.75) is 25.5 Å². The van der Waals surface area contributed by atoms with E-state index in [9.17, 15) is 10.1 Å². The zero-order chi connectivity index (χ0) is 12.1. The number of aromatic nitrogens is 2. The molecule has 1 aromatic heterocycles. The van der Waals surface area contributed by atoms with Crippen molar-refractivity contribution >= 4 is 5.82 Å². The lowest BCUT2D eigenvalue weighted by Crippen LogP contribution is -2.16. The van der Waals surface area contributed by atoms with Crippen LogP contribution < -0.4 is 0 Å². The quantitative estimate of drug-likeness (QED) is 0.421. The van der Waals surface area contributed by atoms with E-state index >= 15 is 0 Å². The molecule has 0 amide bonds. The molecule has 0 unspecified atom stereocenters. The van der Waals surface area contributed by atoms with Crippen molar-refractivity contribution < 1.29 is 14.4 Å². The molecule has 0 bridgehead atoms. The summed E-state index contributed by atoms with van der Waals surface area (Å²) in [6.07, 6.45) is 5.20. The number of imidazole rings is 1. The zero-order valence-electron chi connectivity index (χ0n) is 9.45. The van der Waals surface area contributed by atoms with Crippen LogP contribution in [0.5, 0.6) is 0 Å². The fourth-order valence-electron chi connectivity index (χ4n) is 1.73. The van der Waals surface area contributed by atoms with Crippen LogP contribution in [0, 0.1) is 10.1 Å². The molecule has 1 aliphatic rings. The molecule has 7 nitrogen and oxygen atoms in total. The highest BCUT2D eigenvalue weighted by molar-refractivity contribution is 5.12. The standard InChI is InChI=1S/C10H15N3O4/c14-13(15)10-6-12(8-11-10)3-5-16-7-9-2-1-4-17-9/h6,8-9H,1-5,7H2/t9-/m1/s1. The molecular formula is C10H15N3O4. The van der Waals surface area contributed by atoms with Crippen LogP contribution in [0.3, 0.4) is 0 Å². The average Bonchev–Trinajstić information content (AvgIpc) is 2.96. The van der Waals surface area contributed by atoms with Gasteiger partial charge in [-0.2, -0.15) is 0 Å². The van der Waals surface area contributed by atoms with Crippen LogP contribution in [0.4, 0.5) is 5.82 Å². The monoisotopic (exact) mass is 241 g/mol. The first kappa shape index (κ1) is 12.0. The van der Waals surface area contributed by atoms with Crippen LogP contribution in [0.1, 0.15) is 12.8 Å². The van der Waals surface area contributed by atoms with Crippen LogP contribution in [-0.2, 0) is 16.0 Å². The van der Waals surface area contributed by atoms with Crippen molar-refractivity contribution in [1.82, 2.24) is 9.55 Å². The van der Waals surface area contributed by atoms with E-state index in [4.69, 9.17) is 9.47 Å². The van der Waals surface area contributed by atoms with Gasteiger partial charge < -0.3 is 24.2 Å². The SMILES string of the molecule is O=[N+]([O-])c1cn(CCOC[C@H]2CCCO2)cn1. The van der Waals surface area contributed by atoms with Gasteiger partial charge in [0.15, 0.2) is 0 Å². The molecule has 1 saturated heterocycles. The van der Waals surface area contributed by atoms with Gasteiger partial charge >= 0.3 is 5.82 Å². The minimum atomic E-state index is -0.510. The molecule has 1 aromatic rings.